The van der Waals surface area contributed by atoms with Crippen molar-refractivity contribution in [2.24, 2.45) is 17.1 Å². The molecule has 4 rings (SSSR count). The summed E-state index contributed by atoms with van der Waals surface area (Å²) < 4.78 is 0. The first kappa shape index (κ1) is 15.6. The molecule has 1 aliphatic carbocycles. The van der Waals surface area contributed by atoms with Crippen LogP contribution in [0.4, 0.5) is 0 Å². The van der Waals surface area contributed by atoms with Gasteiger partial charge >= 0.3 is 0 Å². The Morgan fingerprint density at radius 3 is 2.50 bits per heavy atom. The molecule has 1 heterocycles. The molecular formula is C21H26N2O. The average molecular weight is 322 g/mol. The Labute approximate surface area is 143 Å². The monoisotopic (exact) mass is 322 g/mol. The second kappa shape index (κ2) is 5.59. The summed E-state index contributed by atoms with van der Waals surface area (Å²) in [6.07, 6.45) is 3.86. The number of carbonyl (C=O) groups excluding carboxylic acids is 1. The van der Waals surface area contributed by atoms with Crippen molar-refractivity contribution in [3.8, 4) is 0 Å². The number of carbonyl (C=O) groups is 1. The van der Waals surface area contributed by atoms with Crippen LogP contribution in [0, 0.1) is 11.3 Å². The lowest BCUT2D eigenvalue weighted by molar-refractivity contribution is -0.135. The molecule has 2 aliphatic rings. The summed E-state index contributed by atoms with van der Waals surface area (Å²) >= 11 is 0. The first-order valence-corrected chi connectivity index (χ1v) is 9.03. The van der Waals surface area contributed by atoms with Crippen LogP contribution in [0.25, 0.3) is 10.8 Å². The Hall–Kier alpha value is -1.87. The lowest BCUT2D eigenvalue weighted by Crippen LogP contribution is -2.35. The van der Waals surface area contributed by atoms with Crippen molar-refractivity contribution in [3.05, 3.63) is 47.0 Å². The lowest BCUT2D eigenvalue weighted by Gasteiger charge is -2.24. The number of likely N-dealkylation sites (tertiary alicyclic amines) is 1. The predicted molar refractivity (Wildman–Crippen MR) is 98.0 cm³/mol. The number of amides is 1. The molecule has 2 unspecified atom stereocenters. The van der Waals surface area contributed by atoms with Crippen molar-refractivity contribution in [2.45, 2.75) is 32.6 Å². The first-order valence-electron chi connectivity index (χ1n) is 9.03. The maximum Gasteiger partial charge on any atom is 0.229 e. The molecular weight excluding hydrogens is 296 g/mol. The Balaban J connectivity index is 1.71. The Morgan fingerprint density at radius 2 is 1.88 bits per heavy atom. The van der Waals surface area contributed by atoms with Crippen molar-refractivity contribution < 1.29 is 4.79 Å². The molecule has 0 radical (unpaired) electrons. The van der Waals surface area contributed by atoms with E-state index in [1.54, 1.807) is 0 Å². The quantitative estimate of drug-likeness (QED) is 0.944. The summed E-state index contributed by atoms with van der Waals surface area (Å²) in [5.74, 6) is 0.754. The third-order valence-corrected chi connectivity index (χ3v) is 6.17. The Kier molecular flexibility index (Phi) is 3.65. The third kappa shape index (κ3) is 2.26. The molecule has 0 bridgehead atoms. The molecule has 2 aromatic rings. The fourth-order valence-electron chi connectivity index (χ4n) is 4.73. The molecule has 2 N–H and O–H groups in total. The van der Waals surface area contributed by atoms with Crippen LogP contribution in [0.2, 0.25) is 0 Å². The highest BCUT2D eigenvalue weighted by Crippen LogP contribution is 2.48. The number of hydrogen-bond donors (Lipinski definition) is 1. The van der Waals surface area contributed by atoms with Gasteiger partial charge in [0.15, 0.2) is 0 Å². The molecule has 1 spiro atoms. The van der Waals surface area contributed by atoms with E-state index in [1.165, 1.54) is 27.5 Å². The van der Waals surface area contributed by atoms with Crippen molar-refractivity contribution in [2.75, 3.05) is 20.1 Å². The van der Waals surface area contributed by atoms with Crippen LogP contribution in [0.1, 0.15) is 30.0 Å². The zero-order valence-corrected chi connectivity index (χ0v) is 14.6. The van der Waals surface area contributed by atoms with Gasteiger partial charge in [0.05, 0.1) is 5.41 Å². The average Bonchev–Trinajstić information content (AvgIpc) is 3.04. The van der Waals surface area contributed by atoms with Crippen molar-refractivity contribution >= 4 is 16.7 Å². The standard InChI is InChI=1S/C21H26N2O/c1-14-13-23(2)20(24)21(14)11-18-9-16-6-5-15(4-3-7-22)8-17(16)10-19(18)12-21/h5-6,8-10,14H,3-4,7,11-13,22H2,1-2H3. The van der Waals surface area contributed by atoms with Crippen LogP contribution in [0.15, 0.2) is 30.3 Å². The molecule has 0 saturated carbocycles. The summed E-state index contributed by atoms with van der Waals surface area (Å²) in [6.45, 7) is 3.85. The summed E-state index contributed by atoms with van der Waals surface area (Å²) in [5, 5.41) is 2.58. The van der Waals surface area contributed by atoms with E-state index in [1.807, 2.05) is 11.9 Å². The van der Waals surface area contributed by atoms with Crippen molar-refractivity contribution in [3.63, 3.8) is 0 Å². The maximum absolute atomic E-state index is 12.8. The van der Waals surface area contributed by atoms with Crippen LogP contribution >= 0.6 is 0 Å². The minimum Gasteiger partial charge on any atom is -0.345 e. The molecule has 2 aromatic carbocycles. The second-order valence-electron chi connectivity index (χ2n) is 7.79. The van der Waals surface area contributed by atoms with Gasteiger partial charge in [-0.05, 0) is 65.6 Å². The molecule has 3 heteroatoms. The molecule has 24 heavy (non-hydrogen) atoms. The van der Waals surface area contributed by atoms with E-state index < -0.39 is 0 Å². The van der Waals surface area contributed by atoms with Crippen LogP contribution in [-0.4, -0.2) is 30.9 Å². The van der Waals surface area contributed by atoms with Gasteiger partial charge in [0, 0.05) is 13.6 Å². The Morgan fingerprint density at radius 1 is 1.17 bits per heavy atom. The molecule has 126 valence electrons. The number of hydrogen-bond acceptors (Lipinski definition) is 2. The zero-order valence-electron chi connectivity index (χ0n) is 14.6. The van der Waals surface area contributed by atoms with Gasteiger partial charge in [-0.25, -0.2) is 0 Å². The Bertz CT molecular complexity index is 813. The van der Waals surface area contributed by atoms with Crippen molar-refractivity contribution in [1.82, 2.24) is 4.90 Å². The molecule has 2 atom stereocenters. The molecule has 0 aromatic heterocycles. The highest BCUT2D eigenvalue weighted by atomic mass is 16.2. The number of nitrogens with zero attached hydrogens (tertiary/aromatic N) is 1. The van der Waals surface area contributed by atoms with E-state index >= 15 is 0 Å². The van der Waals surface area contributed by atoms with Gasteiger partial charge < -0.3 is 10.6 Å². The second-order valence-corrected chi connectivity index (χ2v) is 7.79. The largest absolute Gasteiger partial charge is 0.345 e. The fraction of sp³-hybridized carbons (Fsp3) is 0.476. The highest BCUT2D eigenvalue weighted by Gasteiger charge is 2.53. The van der Waals surface area contributed by atoms with E-state index in [4.69, 9.17) is 5.73 Å². The minimum atomic E-state index is -0.198. The van der Waals surface area contributed by atoms with Gasteiger partial charge in [-0.1, -0.05) is 37.3 Å². The summed E-state index contributed by atoms with van der Waals surface area (Å²) in [6, 6.07) is 11.4. The summed E-state index contributed by atoms with van der Waals surface area (Å²) in [7, 11) is 1.94. The van der Waals surface area contributed by atoms with Crippen LogP contribution in [-0.2, 0) is 24.1 Å². The van der Waals surface area contributed by atoms with Crippen molar-refractivity contribution in [1.29, 1.82) is 0 Å². The molecule has 1 aliphatic heterocycles. The summed E-state index contributed by atoms with van der Waals surface area (Å²) in [5.41, 5.74) is 9.52. The predicted octanol–water partition coefficient (Wildman–Crippen LogP) is 2.92. The van der Waals surface area contributed by atoms with Gasteiger partial charge in [0.1, 0.15) is 0 Å². The zero-order chi connectivity index (χ0) is 16.9. The van der Waals surface area contributed by atoms with E-state index in [0.29, 0.717) is 11.8 Å². The van der Waals surface area contributed by atoms with Crippen LogP contribution in [0.5, 0.6) is 0 Å². The van der Waals surface area contributed by atoms with Crippen LogP contribution in [0.3, 0.4) is 0 Å². The van der Waals surface area contributed by atoms with Gasteiger partial charge in [-0.3, -0.25) is 4.79 Å². The normalized spacial score (nSPS) is 25.9. The number of benzene rings is 2. The summed E-state index contributed by atoms with van der Waals surface area (Å²) in [4.78, 5) is 14.7. The van der Waals surface area contributed by atoms with E-state index in [-0.39, 0.29) is 5.41 Å². The van der Waals surface area contributed by atoms with Gasteiger partial charge in [-0.15, -0.1) is 0 Å². The van der Waals surface area contributed by atoms with Gasteiger partial charge in [-0.2, -0.15) is 0 Å². The van der Waals surface area contributed by atoms with Gasteiger partial charge in [0.2, 0.25) is 5.91 Å². The number of aryl methyl sites for hydroxylation is 1. The van der Waals surface area contributed by atoms with E-state index in [0.717, 1.165) is 38.8 Å². The third-order valence-electron chi connectivity index (χ3n) is 6.17. The molecule has 1 fully saturated rings. The number of nitrogens with two attached hydrogens (primary N) is 1. The first-order chi connectivity index (χ1) is 11.5. The minimum absolute atomic E-state index is 0.198. The van der Waals surface area contributed by atoms with Gasteiger partial charge in [0.25, 0.3) is 0 Å². The lowest BCUT2D eigenvalue weighted by atomic mass is 9.76. The molecule has 1 amide bonds. The number of rotatable bonds is 3. The fourth-order valence-corrected chi connectivity index (χ4v) is 4.73. The maximum atomic E-state index is 12.8. The van der Waals surface area contributed by atoms with Crippen LogP contribution < -0.4 is 5.73 Å². The molecule has 3 nitrogen and oxygen atoms in total. The SMILES string of the molecule is CC1CN(C)C(=O)C12Cc1cc3ccc(CCCN)cc3cc1C2. The number of fused-ring (bicyclic) bond motifs is 2. The van der Waals surface area contributed by atoms with E-state index in [9.17, 15) is 4.79 Å². The highest BCUT2D eigenvalue weighted by molar-refractivity contribution is 5.89. The topological polar surface area (TPSA) is 46.3 Å². The van der Waals surface area contributed by atoms with E-state index in [2.05, 4.69) is 37.3 Å². The molecule has 1 saturated heterocycles. The smallest absolute Gasteiger partial charge is 0.229 e.